The molecule has 13 nitrogen and oxygen atoms in total. The molecule has 0 heterocycles. The van der Waals surface area contributed by atoms with Crippen LogP contribution in [0.15, 0.2) is 4.99 Å². The Balaban J connectivity index is 5.04. The Morgan fingerprint density at radius 1 is 0.617 bits per heavy atom. The highest BCUT2D eigenvalue weighted by molar-refractivity contribution is 5.94. The van der Waals surface area contributed by atoms with E-state index in [9.17, 15) is 29.1 Å². The number of carbonyl (C=O) groups is 5. The van der Waals surface area contributed by atoms with Gasteiger partial charge in [-0.05, 0) is 58.4 Å². The summed E-state index contributed by atoms with van der Waals surface area (Å²) in [6, 6.07) is -2.98. The molecule has 0 saturated heterocycles. The van der Waals surface area contributed by atoms with Gasteiger partial charge in [0.15, 0.2) is 11.7 Å². The summed E-state index contributed by atoms with van der Waals surface area (Å²) in [7, 11) is 0. The monoisotopic (exact) mass is 667 g/mol. The lowest BCUT2D eigenvalue weighted by molar-refractivity contribution is -0.138. The van der Waals surface area contributed by atoms with Crippen LogP contribution < -0.4 is 33.2 Å². The lowest BCUT2D eigenvalue weighted by Gasteiger charge is -2.25. The summed E-state index contributed by atoms with van der Waals surface area (Å²) in [6.07, 6.45) is 17.5. The summed E-state index contributed by atoms with van der Waals surface area (Å²) in [5.74, 6) is -3.04. The zero-order chi connectivity index (χ0) is 35.3. The minimum absolute atomic E-state index is 0.0886. The molecule has 0 aliphatic carbocycles. The fourth-order valence-electron chi connectivity index (χ4n) is 5.29. The molecule has 47 heavy (non-hydrogen) atoms. The van der Waals surface area contributed by atoms with Gasteiger partial charge in [0, 0.05) is 19.4 Å². The van der Waals surface area contributed by atoms with Gasteiger partial charge in [-0.1, -0.05) is 84.0 Å². The van der Waals surface area contributed by atoms with E-state index in [1.165, 1.54) is 64.7 Å². The lowest BCUT2D eigenvalue weighted by Crippen LogP contribution is -2.55. The minimum atomic E-state index is -1.21. The number of Topliss-reactive ketones (excluding diaryl/α,β-unsaturated/α-hetero) is 1. The summed E-state index contributed by atoms with van der Waals surface area (Å²) in [5, 5.41) is 17.3. The van der Waals surface area contributed by atoms with Gasteiger partial charge in [-0.3, -0.25) is 29.0 Å². The summed E-state index contributed by atoms with van der Waals surface area (Å²) in [5.41, 5.74) is 16.3. The molecule has 0 fully saturated rings. The molecular formula is C34H65N7O6. The largest absolute Gasteiger partial charge is 0.481 e. The van der Waals surface area contributed by atoms with E-state index in [4.69, 9.17) is 17.2 Å². The lowest BCUT2D eigenvalue weighted by atomic mass is 10.0. The number of rotatable bonds is 31. The van der Waals surface area contributed by atoms with Crippen molar-refractivity contribution in [3.8, 4) is 0 Å². The second-order valence-corrected chi connectivity index (χ2v) is 12.5. The molecule has 0 aromatic carbocycles. The fraction of sp³-hybridized carbons (Fsp3) is 0.824. The number of unbranched alkanes of at least 4 members (excludes halogenated alkanes) is 13. The Morgan fingerprint density at radius 3 is 1.60 bits per heavy atom. The van der Waals surface area contributed by atoms with E-state index >= 15 is 0 Å². The topological polar surface area (TPSA) is 232 Å². The first-order valence-electron chi connectivity index (χ1n) is 17.9. The maximum absolute atomic E-state index is 13.4. The van der Waals surface area contributed by atoms with Crippen LogP contribution in [0.5, 0.6) is 0 Å². The number of aliphatic imine (C=N–C) groups is 1. The van der Waals surface area contributed by atoms with Crippen LogP contribution >= 0.6 is 0 Å². The van der Waals surface area contributed by atoms with Crippen LogP contribution in [0.4, 0.5) is 0 Å². The molecule has 0 unspecified atom stereocenters. The van der Waals surface area contributed by atoms with Crippen molar-refractivity contribution in [2.75, 3.05) is 13.1 Å². The number of hydrogen-bond donors (Lipinski definition) is 7. The van der Waals surface area contributed by atoms with Gasteiger partial charge in [0.1, 0.15) is 12.1 Å². The number of nitrogens with zero attached hydrogens (tertiary/aromatic N) is 1. The van der Waals surface area contributed by atoms with Gasteiger partial charge in [-0.2, -0.15) is 0 Å². The highest BCUT2D eigenvalue weighted by Crippen LogP contribution is 2.13. The van der Waals surface area contributed by atoms with Crippen molar-refractivity contribution >= 4 is 35.4 Å². The quantitative estimate of drug-likeness (QED) is 0.0325. The maximum atomic E-state index is 13.4. The third-order valence-corrected chi connectivity index (χ3v) is 8.14. The molecule has 0 radical (unpaired) electrons. The van der Waals surface area contributed by atoms with E-state index in [1.807, 2.05) is 0 Å². The number of carboxylic acid groups (broad SMARTS) is 1. The van der Waals surface area contributed by atoms with Gasteiger partial charge in [-0.25, -0.2) is 0 Å². The number of amides is 3. The summed E-state index contributed by atoms with van der Waals surface area (Å²) in [6.45, 7) is 4.28. The van der Waals surface area contributed by atoms with Crippen LogP contribution in [-0.2, 0) is 24.0 Å². The second kappa shape index (κ2) is 29.0. The molecule has 3 amide bonds. The fourth-order valence-corrected chi connectivity index (χ4v) is 5.29. The minimum Gasteiger partial charge on any atom is -0.481 e. The molecule has 0 saturated carbocycles. The number of ketones is 1. The zero-order valence-corrected chi connectivity index (χ0v) is 29.2. The van der Waals surface area contributed by atoms with Gasteiger partial charge in [0.05, 0.1) is 6.04 Å². The Bertz CT molecular complexity index is 927. The SMILES string of the molecule is CCCCCCCCCCCCCCCC(=O)N[C@@H](CCCN=C(N)N)C(=O)N[C@@H](CCC(=O)O)C(=O)N[C@@H](CCCCN)C(C)=O. The predicted octanol–water partition coefficient (Wildman–Crippen LogP) is 3.56. The van der Waals surface area contributed by atoms with E-state index in [2.05, 4.69) is 27.9 Å². The van der Waals surface area contributed by atoms with E-state index < -0.39 is 35.9 Å². The first-order chi connectivity index (χ1) is 22.5. The highest BCUT2D eigenvalue weighted by Gasteiger charge is 2.29. The summed E-state index contributed by atoms with van der Waals surface area (Å²) >= 11 is 0. The predicted molar refractivity (Wildman–Crippen MR) is 186 cm³/mol. The van der Waals surface area contributed by atoms with Gasteiger partial charge in [-0.15, -0.1) is 0 Å². The van der Waals surface area contributed by atoms with Gasteiger partial charge in [0.25, 0.3) is 0 Å². The van der Waals surface area contributed by atoms with Crippen molar-refractivity contribution in [3.63, 3.8) is 0 Å². The van der Waals surface area contributed by atoms with Crippen LogP contribution in [0, 0.1) is 0 Å². The Morgan fingerprint density at radius 2 is 1.11 bits per heavy atom. The Labute approximate surface area is 282 Å². The van der Waals surface area contributed by atoms with Crippen LogP contribution in [0.25, 0.3) is 0 Å². The van der Waals surface area contributed by atoms with E-state index in [1.54, 1.807) is 0 Å². The Kier molecular flexibility index (Phi) is 27.0. The number of aliphatic carboxylic acids is 1. The van der Waals surface area contributed by atoms with Crippen molar-refractivity contribution in [1.29, 1.82) is 0 Å². The van der Waals surface area contributed by atoms with Gasteiger partial charge >= 0.3 is 5.97 Å². The number of guanidine groups is 1. The molecular weight excluding hydrogens is 602 g/mol. The molecule has 272 valence electrons. The molecule has 0 aliphatic heterocycles. The maximum Gasteiger partial charge on any atom is 0.303 e. The van der Waals surface area contributed by atoms with Crippen molar-refractivity contribution < 1.29 is 29.1 Å². The standard InChI is InChI=1S/C34H65N7O6/c1-3-4-5-6-7-8-9-10-11-12-13-14-15-21-30(43)39-28(20-18-25-38-34(36)37)32(46)41-29(22-23-31(44)45)33(47)40-27(26(2)42)19-16-17-24-35/h27-29H,3-25,35H2,1-2H3,(H,39,43)(H,40,47)(H,41,46)(H,44,45)(H4,36,37,38)/t27-,28-,29-/m0/s1. The summed E-state index contributed by atoms with van der Waals surface area (Å²) < 4.78 is 0. The normalized spacial score (nSPS) is 12.8. The van der Waals surface area contributed by atoms with Crippen LogP contribution in [-0.4, -0.2) is 71.8 Å². The smallest absolute Gasteiger partial charge is 0.303 e. The molecule has 0 aliphatic rings. The number of hydrogen-bond acceptors (Lipinski definition) is 7. The molecule has 0 spiro atoms. The zero-order valence-electron chi connectivity index (χ0n) is 29.2. The highest BCUT2D eigenvalue weighted by atomic mass is 16.4. The van der Waals surface area contributed by atoms with Crippen LogP contribution in [0.1, 0.15) is 149 Å². The molecule has 10 N–H and O–H groups in total. The van der Waals surface area contributed by atoms with Gasteiger partial charge < -0.3 is 38.3 Å². The average molecular weight is 668 g/mol. The third kappa shape index (κ3) is 25.5. The molecule has 3 atom stereocenters. The molecule has 0 aromatic heterocycles. The average Bonchev–Trinajstić information content (AvgIpc) is 3.01. The first-order valence-corrected chi connectivity index (χ1v) is 17.9. The number of carboxylic acids is 1. The van der Waals surface area contributed by atoms with Crippen LogP contribution in [0.2, 0.25) is 0 Å². The summed E-state index contributed by atoms with van der Waals surface area (Å²) in [4.78, 5) is 66.7. The number of carbonyl (C=O) groups excluding carboxylic acids is 4. The van der Waals surface area contributed by atoms with E-state index in [0.29, 0.717) is 38.6 Å². The van der Waals surface area contributed by atoms with Crippen molar-refractivity contribution in [2.45, 2.75) is 167 Å². The number of nitrogens with two attached hydrogens (primary N) is 3. The van der Waals surface area contributed by atoms with E-state index in [0.717, 1.165) is 19.3 Å². The van der Waals surface area contributed by atoms with Crippen LogP contribution in [0.3, 0.4) is 0 Å². The molecule has 0 rings (SSSR count). The molecule has 0 bridgehead atoms. The number of nitrogens with one attached hydrogen (secondary N) is 3. The first kappa shape index (κ1) is 43.8. The third-order valence-electron chi connectivity index (χ3n) is 8.14. The molecule has 0 aromatic rings. The van der Waals surface area contributed by atoms with Gasteiger partial charge in [0.2, 0.25) is 17.7 Å². The van der Waals surface area contributed by atoms with E-state index in [-0.39, 0.29) is 49.9 Å². The van der Waals surface area contributed by atoms with Crippen molar-refractivity contribution in [2.24, 2.45) is 22.2 Å². The Hall–Kier alpha value is -3.22. The second-order valence-electron chi connectivity index (χ2n) is 12.5. The molecule has 13 heteroatoms. The van der Waals surface area contributed by atoms with Crippen molar-refractivity contribution in [3.05, 3.63) is 0 Å². The van der Waals surface area contributed by atoms with Crippen molar-refractivity contribution in [1.82, 2.24) is 16.0 Å².